The Morgan fingerprint density at radius 1 is 1.23 bits per heavy atom. The predicted molar refractivity (Wildman–Crippen MR) is 93.4 cm³/mol. The molecule has 22 heavy (non-hydrogen) atoms. The molecule has 0 radical (unpaired) electrons. The minimum atomic E-state index is -1.87. The van der Waals surface area contributed by atoms with Gasteiger partial charge in [-0.25, -0.2) is 4.79 Å². The first-order valence-electron chi connectivity index (χ1n) is 7.90. The van der Waals surface area contributed by atoms with Gasteiger partial charge >= 0.3 is 6.16 Å². The summed E-state index contributed by atoms with van der Waals surface area (Å²) in [7, 11) is -0.575. The van der Waals surface area contributed by atoms with Crippen LogP contribution < -0.4 is 0 Å². The van der Waals surface area contributed by atoms with Gasteiger partial charge in [0, 0.05) is 0 Å². The topological polar surface area (TPSA) is 44.8 Å². The molecule has 0 heterocycles. The van der Waals surface area contributed by atoms with Crippen molar-refractivity contribution >= 4 is 14.5 Å². The Labute approximate surface area is 136 Å². The van der Waals surface area contributed by atoms with Gasteiger partial charge in [0.05, 0.1) is 12.9 Å². The molecule has 0 N–H and O–H groups in total. The molecule has 0 aromatic carbocycles. The van der Waals surface area contributed by atoms with E-state index in [9.17, 15) is 4.79 Å². The maximum absolute atomic E-state index is 10.9. The third-order valence-electron chi connectivity index (χ3n) is 3.83. The van der Waals surface area contributed by atoms with Gasteiger partial charge in [0.15, 0.2) is 0 Å². The summed E-state index contributed by atoms with van der Waals surface area (Å²) in [6.45, 7) is 13.4. The lowest BCUT2D eigenvalue weighted by molar-refractivity contribution is 0.0817. The molecule has 0 atom stereocenters. The molecular weight excluding hydrogens is 296 g/mol. The maximum Gasteiger partial charge on any atom is 0.508 e. The lowest BCUT2D eigenvalue weighted by Crippen LogP contribution is -2.40. The average molecular weight is 329 g/mol. The SMILES string of the molecule is CCCC/C=C(/C=C/COC(=O)OC)O[Si](C)(C)C(C)(C)C. The zero-order valence-electron chi connectivity index (χ0n) is 15.2. The Morgan fingerprint density at radius 2 is 1.86 bits per heavy atom. The molecule has 0 amide bonds. The number of hydrogen-bond donors (Lipinski definition) is 0. The number of unbranched alkanes of at least 4 members (excludes halogenated alkanes) is 2. The Kier molecular flexibility index (Phi) is 9.17. The van der Waals surface area contributed by atoms with Crippen LogP contribution in [0.5, 0.6) is 0 Å². The molecule has 0 saturated carbocycles. The van der Waals surface area contributed by atoms with E-state index >= 15 is 0 Å². The molecule has 4 nitrogen and oxygen atoms in total. The molecule has 0 aliphatic rings. The van der Waals surface area contributed by atoms with E-state index < -0.39 is 14.5 Å². The number of ether oxygens (including phenoxy) is 2. The summed E-state index contributed by atoms with van der Waals surface area (Å²) in [4.78, 5) is 10.9. The van der Waals surface area contributed by atoms with Gasteiger partial charge in [-0.15, -0.1) is 0 Å². The van der Waals surface area contributed by atoms with Crippen molar-refractivity contribution in [3.63, 3.8) is 0 Å². The first-order valence-corrected chi connectivity index (χ1v) is 10.8. The second-order valence-corrected chi connectivity index (χ2v) is 11.5. The summed E-state index contributed by atoms with van der Waals surface area (Å²) in [6.07, 6.45) is 8.39. The summed E-state index contributed by atoms with van der Waals surface area (Å²) in [5.74, 6) is 0.869. The molecule has 0 bridgehead atoms. The van der Waals surface area contributed by atoms with Crippen molar-refractivity contribution < 1.29 is 18.7 Å². The third kappa shape index (κ3) is 8.27. The van der Waals surface area contributed by atoms with E-state index in [1.54, 1.807) is 6.08 Å². The molecule has 0 fully saturated rings. The van der Waals surface area contributed by atoms with Gasteiger partial charge in [-0.05, 0) is 49.2 Å². The van der Waals surface area contributed by atoms with Crippen LogP contribution in [0.1, 0.15) is 47.0 Å². The second-order valence-electron chi connectivity index (χ2n) is 6.78. The maximum atomic E-state index is 10.9. The van der Waals surface area contributed by atoms with Gasteiger partial charge in [0.2, 0.25) is 8.32 Å². The summed E-state index contributed by atoms with van der Waals surface area (Å²) in [5.41, 5.74) is 0. The highest BCUT2D eigenvalue weighted by molar-refractivity contribution is 6.74. The molecule has 5 heteroatoms. The molecule has 0 spiro atoms. The molecule has 0 saturated heterocycles. The van der Waals surface area contributed by atoms with E-state index in [1.165, 1.54) is 7.11 Å². The van der Waals surface area contributed by atoms with Crippen molar-refractivity contribution in [2.24, 2.45) is 0 Å². The van der Waals surface area contributed by atoms with Gasteiger partial charge < -0.3 is 13.9 Å². The number of allylic oxidation sites excluding steroid dienone is 2. The van der Waals surface area contributed by atoms with Crippen LogP contribution in [0.15, 0.2) is 24.0 Å². The fourth-order valence-corrected chi connectivity index (χ4v) is 2.43. The van der Waals surface area contributed by atoms with Gasteiger partial charge in [-0.2, -0.15) is 0 Å². The Balaban J connectivity index is 4.80. The highest BCUT2D eigenvalue weighted by Crippen LogP contribution is 2.38. The highest BCUT2D eigenvalue weighted by atomic mass is 28.4. The predicted octanol–water partition coefficient (Wildman–Crippen LogP) is 5.42. The molecule has 0 unspecified atom stereocenters. The minimum absolute atomic E-state index is 0.146. The molecule has 0 aromatic rings. The van der Waals surface area contributed by atoms with Gasteiger partial charge in [0.25, 0.3) is 0 Å². The van der Waals surface area contributed by atoms with Crippen LogP contribution in [-0.2, 0) is 13.9 Å². The number of rotatable bonds is 8. The number of carbonyl (C=O) groups is 1. The van der Waals surface area contributed by atoms with Crippen LogP contribution in [0.25, 0.3) is 0 Å². The summed E-state index contributed by atoms with van der Waals surface area (Å²) in [5, 5.41) is 0.146. The highest BCUT2D eigenvalue weighted by Gasteiger charge is 2.39. The number of carbonyl (C=O) groups excluding carboxylic acids is 1. The first-order chi connectivity index (χ1) is 10.1. The monoisotopic (exact) mass is 328 g/mol. The van der Waals surface area contributed by atoms with Crippen LogP contribution in [0.4, 0.5) is 4.79 Å². The van der Waals surface area contributed by atoms with Crippen LogP contribution in [0.3, 0.4) is 0 Å². The van der Waals surface area contributed by atoms with Crippen LogP contribution in [0, 0.1) is 0 Å². The number of hydrogen-bond acceptors (Lipinski definition) is 4. The Bertz CT molecular complexity index is 392. The van der Waals surface area contributed by atoms with Crippen LogP contribution in [0.2, 0.25) is 18.1 Å². The molecule has 0 aliphatic heterocycles. The molecular formula is C17H32O4Si. The largest absolute Gasteiger partial charge is 0.544 e. The van der Waals surface area contributed by atoms with Gasteiger partial charge in [-0.1, -0.05) is 34.1 Å². The lowest BCUT2D eigenvalue weighted by Gasteiger charge is -2.36. The van der Waals surface area contributed by atoms with E-state index in [1.807, 2.05) is 6.08 Å². The van der Waals surface area contributed by atoms with Crippen LogP contribution in [-0.4, -0.2) is 28.2 Å². The van der Waals surface area contributed by atoms with E-state index in [-0.39, 0.29) is 11.6 Å². The summed E-state index contributed by atoms with van der Waals surface area (Å²) >= 11 is 0. The fourth-order valence-electron chi connectivity index (χ4n) is 1.38. The van der Waals surface area contributed by atoms with Crippen molar-refractivity contribution in [1.29, 1.82) is 0 Å². The lowest BCUT2D eigenvalue weighted by atomic mass is 10.2. The molecule has 0 aliphatic carbocycles. The first kappa shape index (κ1) is 20.8. The van der Waals surface area contributed by atoms with Crippen molar-refractivity contribution in [2.45, 2.75) is 65.1 Å². The second kappa shape index (κ2) is 9.72. The normalized spacial score (nSPS) is 13.3. The number of methoxy groups -OCH3 is 1. The molecule has 0 aromatic heterocycles. The summed E-state index contributed by atoms with van der Waals surface area (Å²) < 4.78 is 15.6. The standard InChI is InChI=1S/C17H32O4Si/c1-8-9-10-12-15(13-11-14-20-16(18)19-5)21-22(6,7)17(2,3)4/h11-13H,8-10,14H2,1-7H3/b13-11+,15-12-. The summed E-state index contributed by atoms with van der Waals surface area (Å²) in [6, 6.07) is 0. The quantitative estimate of drug-likeness (QED) is 0.196. The van der Waals surface area contributed by atoms with Crippen molar-refractivity contribution in [2.75, 3.05) is 13.7 Å². The third-order valence-corrected chi connectivity index (χ3v) is 8.19. The van der Waals surface area contributed by atoms with Crippen molar-refractivity contribution in [3.8, 4) is 0 Å². The van der Waals surface area contributed by atoms with Gasteiger partial charge in [0.1, 0.15) is 6.61 Å². The van der Waals surface area contributed by atoms with Crippen molar-refractivity contribution in [1.82, 2.24) is 0 Å². The van der Waals surface area contributed by atoms with Crippen LogP contribution >= 0.6 is 0 Å². The van der Waals surface area contributed by atoms with Gasteiger partial charge in [-0.3, -0.25) is 0 Å². The molecule has 128 valence electrons. The van der Waals surface area contributed by atoms with E-state index in [0.29, 0.717) is 0 Å². The van der Waals surface area contributed by atoms with Crippen molar-refractivity contribution in [3.05, 3.63) is 24.0 Å². The van der Waals surface area contributed by atoms with E-state index in [4.69, 9.17) is 9.16 Å². The Morgan fingerprint density at radius 3 is 2.36 bits per heavy atom. The zero-order chi connectivity index (χ0) is 17.2. The molecule has 0 rings (SSSR count). The minimum Gasteiger partial charge on any atom is -0.544 e. The van der Waals surface area contributed by atoms with E-state index in [2.05, 4.69) is 51.6 Å². The van der Waals surface area contributed by atoms with E-state index in [0.717, 1.165) is 25.0 Å². The average Bonchev–Trinajstić information content (AvgIpc) is 2.41. The Hall–Kier alpha value is -1.23. The fraction of sp³-hybridized carbons (Fsp3) is 0.706. The zero-order valence-corrected chi connectivity index (χ0v) is 16.2. The smallest absolute Gasteiger partial charge is 0.508 e.